The zero-order valence-electron chi connectivity index (χ0n) is 16.4. The van der Waals surface area contributed by atoms with Crippen molar-refractivity contribution in [3.8, 4) is 11.1 Å². The number of rotatable bonds is 2. The van der Waals surface area contributed by atoms with Gasteiger partial charge in [0, 0.05) is 5.69 Å². The summed E-state index contributed by atoms with van der Waals surface area (Å²) in [6.07, 6.45) is 5.35. The minimum Gasteiger partial charge on any atom is -0.369 e. The summed E-state index contributed by atoms with van der Waals surface area (Å²) in [5.41, 5.74) is 15.3. The number of nitrogens with zero attached hydrogens (tertiary/aromatic N) is 3. The van der Waals surface area contributed by atoms with Gasteiger partial charge < -0.3 is 11.5 Å². The zero-order valence-corrected chi connectivity index (χ0v) is 16.4. The second-order valence-electron chi connectivity index (χ2n) is 7.93. The highest BCUT2D eigenvalue weighted by Crippen LogP contribution is 2.40. The normalized spacial score (nSPS) is 18.6. The Morgan fingerprint density at radius 2 is 1.45 bits per heavy atom. The van der Waals surface area contributed by atoms with E-state index >= 15 is 0 Å². The maximum Gasteiger partial charge on any atom is 0.220 e. The molecule has 0 atom stereocenters. The quantitative estimate of drug-likeness (QED) is 0.678. The molecule has 29 heavy (non-hydrogen) atoms. The number of hydrogen-bond donors (Lipinski definition) is 2. The van der Waals surface area contributed by atoms with Crippen molar-refractivity contribution >= 4 is 28.4 Å². The molecule has 1 spiro atoms. The fourth-order valence-electron chi connectivity index (χ4n) is 4.67. The summed E-state index contributed by atoms with van der Waals surface area (Å²) in [5.74, 6) is 0.714. The fourth-order valence-corrected chi connectivity index (χ4v) is 4.67. The summed E-state index contributed by atoms with van der Waals surface area (Å²) < 4.78 is 0. The third-order valence-electron chi connectivity index (χ3n) is 6.06. The topological polar surface area (TPSA) is 80.0 Å². The van der Waals surface area contributed by atoms with Crippen LogP contribution < -0.4 is 16.4 Å². The minimum absolute atomic E-state index is 0.286. The van der Waals surface area contributed by atoms with E-state index in [1.54, 1.807) is 0 Å². The van der Waals surface area contributed by atoms with E-state index in [2.05, 4.69) is 76.6 Å². The summed E-state index contributed by atoms with van der Waals surface area (Å²) in [5, 5.41) is 2.49. The molecule has 5 rings (SSSR count). The number of guanidine groups is 2. The van der Waals surface area contributed by atoms with E-state index in [0.717, 1.165) is 31.4 Å². The number of nitrogens with two attached hydrogens (primary N) is 2. The largest absolute Gasteiger partial charge is 0.369 e. The van der Waals surface area contributed by atoms with Crippen LogP contribution >= 0.6 is 0 Å². The van der Waals surface area contributed by atoms with E-state index < -0.39 is 5.66 Å². The maximum atomic E-state index is 6.33. The van der Waals surface area contributed by atoms with Gasteiger partial charge in [0.1, 0.15) is 5.66 Å². The van der Waals surface area contributed by atoms with Gasteiger partial charge in [-0.2, -0.15) is 4.99 Å². The molecule has 0 saturated heterocycles. The van der Waals surface area contributed by atoms with Gasteiger partial charge in [-0.15, -0.1) is 0 Å². The van der Waals surface area contributed by atoms with Crippen molar-refractivity contribution in [2.75, 3.05) is 4.90 Å². The summed E-state index contributed by atoms with van der Waals surface area (Å²) in [7, 11) is 0. The van der Waals surface area contributed by atoms with Gasteiger partial charge in [0.15, 0.2) is 0 Å². The molecule has 5 nitrogen and oxygen atoms in total. The molecule has 0 bridgehead atoms. The molecule has 1 saturated carbocycles. The first-order chi connectivity index (χ1) is 14.1. The van der Waals surface area contributed by atoms with E-state index in [9.17, 15) is 0 Å². The monoisotopic (exact) mass is 383 g/mol. The molecule has 3 aromatic carbocycles. The second-order valence-corrected chi connectivity index (χ2v) is 7.93. The Morgan fingerprint density at radius 1 is 0.759 bits per heavy atom. The van der Waals surface area contributed by atoms with Crippen LogP contribution in [0.15, 0.2) is 76.7 Å². The van der Waals surface area contributed by atoms with Crippen LogP contribution in [0.25, 0.3) is 21.9 Å². The molecule has 1 heterocycles. The van der Waals surface area contributed by atoms with Gasteiger partial charge in [0.05, 0.1) is 0 Å². The van der Waals surface area contributed by atoms with Gasteiger partial charge in [-0.3, -0.25) is 4.90 Å². The summed E-state index contributed by atoms with van der Waals surface area (Å²) >= 11 is 0. The Bertz CT molecular complexity index is 1110. The van der Waals surface area contributed by atoms with Crippen LogP contribution in [-0.2, 0) is 0 Å². The number of aliphatic imine (C=N–C) groups is 2. The van der Waals surface area contributed by atoms with Gasteiger partial charge in [0.25, 0.3) is 0 Å². The first-order valence-corrected chi connectivity index (χ1v) is 10.2. The van der Waals surface area contributed by atoms with Crippen molar-refractivity contribution in [3.05, 3.63) is 66.7 Å². The molecule has 2 aliphatic rings. The van der Waals surface area contributed by atoms with Crippen LogP contribution in [-0.4, -0.2) is 17.6 Å². The van der Waals surface area contributed by atoms with E-state index in [-0.39, 0.29) is 5.96 Å². The van der Waals surface area contributed by atoms with Gasteiger partial charge in [0.2, 0.25) is 11.9 Å². The summed E-state index contributed by atoms with van der Waals surface area (Å²) in [6.45, 7) is 0. The van der Waals surface area contributed by atoms with Gasteiger partial charge >= 0.3 is 0 Å². The number of fused-ring (bicyclic) bond motifs is 1. The second kappa shape index (κ2) is 6.92. The van der Waals surface area contributed by atoms with Crippen LogP contribution in [0.2, 0.25) is 0 Å². The number of benzene rings is 3. The molecule has 1 aliphatic heterocycles. The smallest absolute Gasteiger partial charge is 0.220 e. The van der Waals surface area contributed by atoms with Gasteiger partial charge in [-0.25, -0.2) is 4.99 Å². The van der Waals surface area contributed by atoms with Crippen molar-refractivity contribution in [1.29, 1.82) is 0 Å². The van der Waals surface area contributed by atoms with Crippen molar-refractivity contribution in [3.63, 3.8) is 0 Å². The van der Waals surface area contributed by atoms with E-state index in [4.69, 9.17) is 16.5 Å². The minimum atomic E-state index is -0.404. The lowest BCUT2D eigenvalue weighted by Crippen LogP contribution is -2.58. The highest BCUT2D eigenvalue weighted by molar-refractivity contribution is 6.05. The predicted octanol–water partition coefficient (Wildman–Crippen LogP) is 4.62. The number of hydrogen-bond acceptors (Lipinski definition) is 5. The van der Waals surface area contributed by atoms with Gasteiger partial charge in [-0.1, -0.05) is 55.0 Å². The molecule has 3 aromatic rings. The molecule has 0 amide bonds. The lowest BCUT2D eigenvalue weighted by molar-refractivity contribution is 0.305. The Morgan fingerprint density at radius 3 is 2.21 bits per heavy atom. The van der Waals surface area contributed by atoms with Crippen molar-refractivity contribution in [2.24, 2.45) is 21.5 Å². The lowest BCUT2D eigenvalue weighted by Gasteiger charge is -2.45. The number of anilines is 1. The first kappa shape index (κ1) is 17.7. The molecule has 0 radical (unpaired) electrons. The Hall–Kier alpha value is -3.34. The summed E-state index contributed by atoms with van der Waals surface area (Å²) in [4.78, 5) is 11.1. The van der Waals surface area contributed by atoms with E-state index in [0.29, 0.717) is 5.96 Å². The average Bonchev–Trinajstić information content (AvgIpc) is 2.74. The first-order valence-electron chi connectivity index (χ1n) is 10.2. The molecule has 4 N–H and O–H groups in total. The standard InChI is InChI=1S/C24H25N5/c25-22-27-23(26)29(24(28-22)14-4-1-5-15-24)21-12-10-18(11-13-21)20-9-8-17-6-2-3-7-19(17)16-20/h2-3,6-13,16H,1,4-5,14-15H2,(H4,25,26,27,28). The molecular weight excluding hydrogens is 358 g/mol. The van der Waals surface area contributed by atoms with Crippen LogP contribution in [0, 0.1) is 0 Å². The molecule has 0 aromatic heterocycles. The highest BCUT2D eigenvalue weighted by Gasteiger charge is 2.42. The Kier molecular flexibility index (Phi) is 4.23. The third kappa shape index (κ3) is 3.12. The highest BCUT2D eigenvalue weighted by atomic mass is 15.4. The molecule has 146 valence electrons. The van der Waals surface area contributed by atoms with Crippen molar-refractivity contribution < 1.29 is 0 Å². The molecule has 1 fully saturated rings. The van der Waals surface area contributed by atoms with Crippen LogP contribution in [0.3, 0.4) is 0 Å². The molecule has 1 aliphatic carbocycles. The summed E-state index contributed by atoms with van der Waals surface area (Å²) in [6, 6.07) is 23.5. The third-order valence-corrected chi connectivity index (χ3v) is 6.06. The van der Waals surface area contributed by atoms with Crippen LogP contribution in [0.1, 0.15) is 32.1 Å². The van der Waals surface area contributed by atoms with Crippen molar-refractivity contribution in [2.45, 2.75) is 37.8 Å². The Balaban J connectivity index is 1.50. The molecule has 5 heteroatoms. The molecular formula is C24H25N5. The van der Waals surface area contributed by atoms with Crippen LogP contribution in [0.4, 0.5) is 5.69 Å². The van der Waals surface area contributed by atoms with E-state index in [1.807, 2.05) is 0 Å². The lowest BCUT2D eigenvalue weighted by atomic mass is 9.87. The zero-order chi connectivity index (χ0) is 19.8. The Labute approximate surface area is 170 Å². The maximum absolute atomic E-state index is 6.33. The van der Waals surface area contributed by atoms with Gasteiger partial charge in [-0.05, 0) is 65.8 Å². The fraction of sp³-hybridized carbons (Fsp3) is 0.250. The predicted molar refractivity (Wildman–Crippen MR) is 121 cm³/mol. The SMILES string of the molecule is NC1=NC2(CCCCC2)N(c2ccc(-c3ccc4ccccc4c3)cc2)C(N)=N1. The van der Waals surface area contributed by atoms with E-state index in [1.165, 1.54) is 28.3 Å². The van der Waals surface area contributed by atoms with Crippen molar-refractivity contribution in [1.82, 2.24) is 0 Å². The van der Waals surface area contributed by atoms with Crippen LogP contribution in [0.5, 0.6) is 0 Å². The average molecular weight is 383 g/mol. The molecule has 0 unspecified atom stereocenters.